The Kier molecular flexibility index (Phi) is 6.48. The number of ether oxygens (including phenoxy) is 2. The highest BCUT2D eigenvalue weighted by Gasteiger charge is 2.32. The van der Waals surface area contributed by atoms with E-state index in [1.165, 1.54) is 11.1 Å². The first kappa shape index (κ1) is 24.3. The Morgan fingerprint density at radius 1 is 0.581 bits per heavy atom. The van der Waals surface area contributed by atoms with Gasteiger partial charge in [-0.1, -0.05) is 67.5 Å². The standard InChI is InChI=1S/C27H34N2O2/c1-17-11-23(30-15-28)21(25(3,4)5)13-19(17)27(9,10)20-14-22(26(6,7)8)24(31-16-29)12-18(20)2/h11-14H,1-10H3. The van der Waals surface area contributed by atoms with Crippen LogP contribution in [0.1, 0.15) is 88.8 Å². The molecule has 0 atom stereocenters. The fraction of sp³-hybridized carbons (Fsp3) is 0.481. The lowest BCUT2D eigenvalue weighted by Crippen LogP contribution is -2.25. The van der Waals surface area contributed by atoms with E-state index in [1.54, 1.807) is 0 Å². The van der Waals surface area contributed by atoms with E-state index in [0.717, 1.165) is 22.3 Å². The molecule has 0 unspecified atom stereocenters. The van der Waals surface area contributed by atoms with Gasteiger partial charge in [-0.2, -0.15) is 0 Å². The maximum atomic E-state index is 9.11. The van der Waals surface area contributed by atoms with E-state index >= 15 is 0 Å². The van der Waals surface area contributed by atoms with Gasteiger partial charge in [0.1, 0.15) is 11.5 Å². The lowest BCUT2D eigenvalue weighted by atomic mass is 9.71. The average molecular weight is 419 g/mol. The van der Waals surface area contributed by atoms with E-state index < -0.39 is 0 Å². The van der Waals surface area contributed by atoms with Crippen LogP contribution in [0.3, 0.4) is 0 Å². The van der Waals surface area contributed by atoms with Gasteiger partial charge in [-0.05, 0) is 59.1 Å². The van der Waals surface area contributed by atoms with Crippen molar-refractivity contribution in [2.24, 2.45) is 0 Å². The Morgan fingerprint density at radius 2 is 0.903 bits per heavy atom. The molecule has 0 amide bonds. The highest BCUT2D eigenvalue weighted by molar-refractivity contribution is 5.55. The maximum Gasteiger partial charge on any atom is 0.292 e. The molecule has 0 aliphatic heterocycles. The van der Waals surface area contributed by atoms with Gasteiger partial charge >= 0.3 is 0 Å². The molecule has 164 valence electrons. The molecule has 2 rings (SSSR count). The van der Waals surface area contributed by atoms with Crippen LogP contribution >= 0.6 is 0 Å². The van der Waals surface area contributed by atoms with Crippen LogP contribution in [0.15, 0.2) is 24.3 Å². The fourth-order valence-electron chi connectivity index (χ4n) is 4.29. The van der Waals surface area contributed by atoms with Crippen molar-refractivity contribution < 1.29 is 9.47 Å². The first-order chi connectivity index (χ1) is 14.1. The van der Waals surface area contributed by atoms with Gasteiger partial charge in [0.15, 0.2) is 0 Å². The second-order valence-electron chi connectivity index (χ2n) is 10.8. The third-order valence-electron chi connectivity index (χ3n) is 5.93. The molecular weight excluding hydrogens is 384 g/mol. The van der Waals surface area contributed by atoms with Crippen molar-refractivity contribution >= 4 is 0 Å². The zero-order valence-corrected chi connectivity index (χ0v) is 20.5. The predicted molar refractivity (Wildman–Crippen MR) is 124 cm³/mol. The van der Waals surface area contributed by atoms with E-state index in [1.807, 2.05) is 24.6 Å². The molecule has 2 aromatic carbocycles. The summed E-state index contributed by atoms with van der Waals surface area (Å²) in [6.07, 6.45) is 3.65. The lowest BCUT2D eigenvalue weighted by molar-refractivity contribution is 0.469. The van der Waals surface area contributed by atoms with E-state index in [0.29, 0.717) is 11.5 Å². The Morgan fingerprint density at radius 3 is 1.16 bits per heavy atom. The molecule has 0 aliphatic carbocycles. The summed E-state index contributed by atoms with van der Waals surface area (Å²) < 4.78 is 10.6. The minimum Gasteiger partial charge on any atom is -0.388 e. The van der Waals surface area contributed by atoms with Crippen LogP contribution in [0.2, 0.25) is 0 Å². The molecule has 0 saturated carbocycles. The number of nitrogens with zero attached hydrogens (tertiary/aromatic N) is 2. The van der Waals surface area contributed by atoms with Crippen molar-refractivity contribution in [3.05, 3.63) is 57.6 Å². The normalized spacial score (nSPS) is 12.1. The molecule has 0 heterocycles. The van der Waals surface area contributed by atoms with Crippen molar-refractivity contribution in [1.82, 2.24) is 0 Å². The summed E-state index contributed by atoms with van der Waals surface area (Å²) in [6.45, 7) is 21.3. The van der Waals surface area contributed by atoms with Gasteiger partial charge in [-0.25, -0.2) is 0 Å². The zero-order chi connectivity index (χ0) is 23.8. The van der Waals surface area contributed by atoms with Crippen molar-refractivity contribution in [2.45, 2.75) is 85.5 Å². The van der Waals surface area contributed by atoms with E-state index in [-0.39, 0.29) is 16.2 Å². The smallest absolute Gasteiger partial charge is 0.292 e. The molecule has 31 heavy (non-hydrogen) atoms. The third-order valence-corrected chi connectivity index (χ3v) is 5.93. The van der Waals surface area contributed by atoms with Gasteiger partial charge in [0.25, 0.3) is 12.5 Å². The van der Waals surface area contributed by atoms with Crippen LogP contribution < -0.4 is 9.47 Å². The molecule has 4 heteroatoms. The van der Waals surface area contributed by atoms with Crippen molar-refractivity contribution in [3.8, 4) is 24.0 Å². The predicted octanol–water partition coefficient (Wildman–Crippen LogP) is 6.94. The minimum absolute atomic E-state index is 0.180. The molecule has 0 bridgehead atoms. The third kappa shape index (κ3) is 4.86. The Bertz CT molecular complexity index is 983. The van der Waals surface area contributed by atoms with Crippen LogP contribution in [0, 0.1) is 36.9 Å². The van der Waals surface area contributed by atoms with Crippen LogP contribution in [-0.4, -0.2) is 0 Å². The summed E-state index contributed by atoms with van der Waals surface area (Å²) in [5.74, 6) is 1.22. The summed E-state index contributed by atoms with van der Waals surface area (Å²) in [5, 5.41) is 18.2. The Labute approximate surface area is 187 Å². The molecule has 0 fully saturated rings. The zero-order valence-electron chi connectivity index (χ0n) is 20.5. The van der Waals surface area contributed by atoms with Crippen molar-refractivity contribution in [2.75, 3.05) is 0 Å². The number of rotatable bonds is 4. The molecule has 0 aliphatic rings. The van der Waals surface area contributed by atoms with E-state index in [4.69, 9.17) is 20.0 Å². The highest BCUT2D eigenvalue weighted by Crippen LogP contribution is 2.44. The number of benzene rings is 2. The quantitative estimate of drug-likeness (QED) is 0.504. The average Bonchev–Trinajstić information content (AvgIpc) is 2.59. The number of hydrogen-bond acceptors (Lipinski definition) is 4. The van der Waals surface area contributed by atoms with Crippen molar-refractivity contribution in [1.29, 1.82) is 10.5 Å². The SMILES string of the molecule is Cc1cc(OC#N)c(C(C)(C)C)cc1C(C)(C)c1cc(C(C)(C)C)c(OC#N)cc1C. The van der Waals surface area contributed by atoms with Crippen LogP contribution in [0.5, 0.6) is 11.5 Å². The van der Waals surface area contributed by atoms with Gasteiger partial charge in [0.05, 0.1) is 0 Å². The monoisotopic (exact) mass is 418 g/mol. The second kappa shape index (κ2) is 8.27. The summed E-state index contributed by atoms with van der Waals surface area (Å²) in [4.78, 5) is 0. The molecule has 0 radical (unpaired) electrons. The molecule has 0 N–H and O–H groups in total. The minimum atomic E-state index is -0.315. The molecule has 0 saturated heterocycles. The summed E-state index contributed by atoms with van der Waals surface area (Å²) in [5.41, 5.74) is 5.82. The van der Waals surface area contributed by atoms with Gasteiger partial charge in [-0.3, -0.25) is 0 Å². The van der Waals surface area contributed by atoms with E-state index in [2.05, 4.69) is 81.4 Å². The molecule has 0 aromatic heterocycles. The molecule has 4 nitrogen and oxygen atoms in total. The molecule has 0 spiro atoms. The van der Waals surface area contributed by atoms with Crippen LogP contribution in [-0.2, 0) is 16.2 Å². The lowest BCUT2D eigenvalue weighted by Gasteiger charge is -2.34. The largest absolute Gasteiger partial charge is 0.388 e. The second-order valence-corrected chi connectivity index (χ2v) is 10.8. The molecule has 2 aromatic rings. The Hall–Kier alpha value is -2.98. The van der Waals surface area contributed by atoms with Crippen molar-refractivity contribution in [3.63, 3.8) is 0 Å². The van der Waals surface area contributed by atoms with Gasteiger partial charge in [-0.15, -0.1) is 10.5 Å². The number of nitriles is 2. The molecular formula is C27H34N2O2. The topological polar surface area (TPSA) is 66.0 Å². The number of hydrogen-bond donors (Lipinski definition) is 0. The van der Waals surface area contributed by atoms with Crippen LogP contribution in [0.25, 0.3) is 0 Å². The summed E-state index contributed by atoms with van der Waals surface area (Å²) in [6, 6.07) is 8.29. The maximum absolute atomic E-state index is 9.11. The Balaban J connectivity index is 2.81. The van der Waals surface area contributed by atoms with Gasteiger partial charge < -0.3 is 9.47 Å². The first-order valence-corrected chi connectivity index (χ1v) is 10.6. The fourth-order valence-corrected chi connectivity index (χ4v) is 4.29. The van der Waals surface area contributed by atoms with Gasteiger partial charge in [0.2, 0.25) is 0 Å². The number of aryl methyl sites for hydroxylation is 2. The van der Waals surface area contributed by atoms with E-state index in [9.17, 15) is 0 Å². The highest BCUT2D eigenvalue weighted by atomic mass is 16.5. The van der Waals surface area contributed by atoms with Crippen LogP contribution in [0.4, 0.5) is 0 Å². The summed E-state index contributed by atoms with van der Waals surface area (Å²) >= 11 is 0. The van der Waals surface area contributed by atoms with Gasteiger partial charge in [0, 0.05) is 16.5 Å². The first-order valence-electron chi connectivity index (χ1n) is 10.6. The summed E-state index contributed by atoms with van der Waals surface area (Å²) in [7, 11) is 0.